The van der Waals surface area contributed by atoms with Gasteiger partial charge in [0.2, 0.25) is 0 Å². The molecule has 0 N–H and O–H groups in total. The monoisotopic (exact) mass is 475 g/mol. The zero-order chi connectivity index (χ0) is 22.9. The predicted molar refractivity (Wildman–Crippen MR) is 131 cm³/mol. The molecule has 164 valence electrons. The van der Waals surface area contributed by atoms with Crippen molar-refractivity contribution in [2.24, 2.45) is 5.10 Å². The normalized spacial score (nSPS) is 15.5. The third-order valence-corrected chi connectivity index (χ3v) is 6.20. The summed E-state index contributed by atoms with van der Waals surface area (Å²) in [5, 5.41) is 8.01. The van der Waals surface area contributed by atoms with Crippen molar-refractivity contribution in [2.45, 2.75) is 12.5 Å². The van der Waals surface area contributed by atoms with Gasteiger partial charge in [-0.15, -0.1) is 0 Å². The van der Waals surface area contributed by atoms with Crippen LogP contribution in [0.15, 0.2) is 84.0 Å². The minimum Gasteiger partial charge on any atom is -0.494 e. The summed E-state index contributed by atoms with van der Waals surface area (Å²) in [6, 6.07) is 23.8. The van der Waals surface area contributed by atoms with Crippen molar-refractivity contribution in [3.63, 3.8) is 0 Å². The molecule has 3 aromatic carbocycles. The lowest BCUT2D eigenvalue weighted by molar-refractivity contribution is 0.0711. The molecule has 0 bridgehead atoms. The second kappa shape index (κ2) is 8.85. The maximum Gasteiger partial charge on any atom is 0.274 e. The molecule has 0 radical (unpaired) electrons. The molecule has 4 aromatic rings. The van der Waals surface area contributed by atoms with E-state index in [-0.39, 0.29) is 5.91 Å². The third-order valence-electron chi connectivity index (χ3n) is 5.67. The number of methoxy groups -OCH3 is 1. The number of fused-ring (bicyclic) bond motifs is 1. The highest BCUT2D eigenvalue weighted by atomic mass is 35.5. The van der Waals surface area contributed by atoms with E-state index in [0.29, 0.717) is 33.4 Å². The minimum absolute atomic E-state index is 0.209. The first-order valence-corrected chi connectivity index (χ1v) is 11.2. The van der Waals surface area contributed by atoms with Crippen LogP contribution in [-0.4, -0.2) is 28.7 Å². The largest absolute Gasteiger partial charge is 0.494 e. The second-order valence-corrected chi connectivity index (χ2v) is 8.49. The van der Waals surface area contributed by atoms with Crippen LogP contribution in [0.4, 0.5) is 0 Å². The number of benzene rings is 3. The highest BCUT2D eigenvalue weighted by Crippen LogP contribution is 2.39. The first-order chi connectivity index (χ1) is 16.0. The van der Waals surface area contributed by atoms with E-state index in [9.17, 15) is 4.79 Å². The average molecular weight is 476 g/mol. The number of hydrogen-bond donors (Lipinski definition) is 0. The molecule has 1 unspecified atom stereocenters. The van der Waals surface area contributed by atoms with Crippen LogP contribution in [0.3, 0.4) is 0 Å². The Balaban J connectivity index is 1.62. The topological polar surface area (TPSA) is 54.8 Å². The van der Waals surface area contributed by atoms with Gasteiger partial charge in [-0.05, 0) is 42.0 Å². The first-order valence-electron chi connectivity index (χ1n) is 10.4. The Morgan fingerprint density at radius 3 is 2.55 bits per heavy atom. The molecule has 7 heteroatoms. The molecule has 1 aliphatic rings. The van der Waals surface area contributed by atoms with Crippen LogP contribution in [0.5, 0.6) is 5.75 Å². The molecule has 5 rings (SSSR count). The van der Waals surface area contributed by atoms with E-state index >= 15 is 0 Å². The Labute approximate surface area is 201 Å². The molecule has 0 saturated heterocycles. The van der Waals surface area contributed by atoms with E-state index in [4.69, 9.17) is 33.0 Å². The zero-order valence-corrected chi connectivity index (χ0v) is 19.2. The summed E-state index contributed by atoms with van der Waals surface area (Å²) in [7, 11) is 1.60. The van der Waals surface area contributed by atoms with Crippen LogP contribution >= 0.6 is 23.2 Å². The second-order valence-electron chi connectivity index (χ2n) is 7.69. The number of halogens is 2. The highest BCUT2D eigenvalue weighted by molar-refractivity contribution is 6.31. The van der Waals surface area contributed by atoms with E-state index in [1.807, 2.05) is 66.7 Å². The molecule has 1 amide bonds. The number of aromatic nitrogens is 1. The average Bonchev–Trinajstić information content (AvgIpc) is 3.28. The minimum atomic E-state index is -0.415. The molecule has 1 aliphatic heterocycles. The quantitative estimate of drug-likeness (QED) is 0.314. The van der Waals surface area contributed by atoms with E-state index < -0.39 is 6.04 Å². The Bertz CT molecular complexity index is 1390. The van der Waals surface area contributed by atoms with E-state index in [0.717, 1.165) is 22.2 Å². The van der Waals surface area contributed by atoms with Crippen LogP contribution in [0, 0.1) is 0 Å². The summed E-state index contributed by atoms with van der Waals surface area (Å²) in [5.41, 5.74) is 3.56. The van der Waals surface area contributed by atoms with Gasteiger partial charge in [0.05, 0.1) is 18.9 Å². The van der Waals surface area contributed by atoms with Crippen LogP contribution in [0.25, 0.3) is 10.9 Å². The Kier molecular flexibility index (Phi) is 5.75. The van der Waals surface area contributed by atoms with Gasteiger partial charge < -0.3 is 4.74 Å². The summed E-state index contributed by atoms with van der Waals surface area (Å²) in [5.74, 6) is 0.430. The summed E-state index contributed by atoms with van der Waals surface area (Å²) in [6.45, 7) is 0. The number of pyridine rings is 1. The van der Waals surface area contributed by atoms with Crippen LogP contribution in [0.2, 0.25) is 10.2 Å². The predicted octanol–water partition coefficient (Wildman–Crippen LogP) is 6.54. The molecule has 1 aromatic heterocycles. The van der Waals surface area contributed by atoms with E-state index in [1.165, 1.54) is 5.01 Å². The fourth-order valence-corrected chi connectivity index (χ4v) is 4.51. The number of hydrazone groups is 1. The third kappa shape index (κ3) is 4.06. The van der Waals surface area contributed by atoms with Gasteiger partial charge in [0.25, 0.3) is 5.91 Å². The summed E-state index contributed by atoms with van der Waals surface area (Å²) >= 11 is 12.9. The standard InChI is InChI=1S/C26H19Cl2N3O2/c1-33-23-12-6-10-18-14-20(25(28)29-24(18)23)22-15-21(17-9-5-11-19(27)13-17)30-31(22)26(32)16-7-3-2-4-8-16/h2-14,22H,15H2,1H3. The number of hydrogen-bond acceptors (Lipinski definition) is 4. The molecule has 0 aliphatic carbocycles. The van der Waals surface area contributed by atoms with Crippen LogP contribution < -0.4 is 4.74 Å². The van der Waals surface area contributed by atoms with Crippen molar-refractivity contribution in [1.82, 2.24) is 9.99 Å². The fourth-order valence-electron chi connectivity index (χ4n) is 4.06. The summed E-state index contributed by atoms with van der Waals surface area (Å²) in [6.07, 6.45) is 0.482. The molecule has 0 saturated carbocycles. The molecule has 5 nitrogen and oxygen atoms in total. The lowest BCUT2D eigenvalue weighted by Crippen LogP contribution is -2.27. The van der Waals surface area contributed by atoms with E-state index in [1.54, 1.807) is 19.2 Å². The molecular weight excluding hydrogens is 457 g/mol. The smallest absolute Gasteiger partial charge is 0.274 e. The fraction of sp³-hybridized carbons (Fsp3) is 0.115. The Hall–Kier alpha value is -3.41. The van der Waals surface area contributed by atoms with Gasteiger partial charge in [0.1, 0.15) is 16.4 Å². The number of rotatable bonds is 4. The summed E-state index contributed by atoms with van der Waals surface area (Å²) in [4.78, 5) is 18.1. The van der Waals surface area contributed by atoms with Gasteiger partial charge in [-0.2, -0.15) is 5.10 Å². The number of ether oxygens (including phenoxy) is 1. The molecular formula is C26H19Cl2N3O2. The number of nitrogens with zero attached hydrogens (tertiary/aromatic N) is 3. The molecule has 1 atom stereocenters. The Morgan fingerprint density at radius 2 is 1.79 bits per heavy atom. The van der Waals surface area contributed by atoms with Crippen molar-refractivity contribution in [2.75, 3.05) is 7.11 Å². The van der Waals surface area contributed by atoms with Gasteiger partial charge >= 0.3 is 0 Å². The van der Waals surface area contributed by atoms with Crippen molar-refractivity contribution in [3.8, 4) is 5.75 Å². The van der Waals surface area contributed by atoms with Crippen LogP contribution in [0.1, 0.15) is 33.9 Å². The van der Waals surface area contributed by atoms with Crippen molar-refractivity contribution in [3.05, 3.63) is 106 Å². The highest BCUT2D eigenvalue weighted by Gasteiger charge is 2.35. The number of amides is 1. The lowest BCUT2D eigenvalue weighted by atomic mass is 9.98. The number of carbonyl (C=O) groups is 1. The van der Waals surface area contributed by atoms with Crippen molar-refractivity contribution >= 4 is 45.7 Å². The Morgan fingerprint density at radius 1 is 1.00 bits per heavy atom. The van der Waals surface area contributed by atoms with Gasteiger partial charge in [0.15, 0.2) is 0 Å². The lowest BCUT2D eigenvalue weighted by Gasteiger charge is -2.23. The number of para-hydroxylation sites is 1. The van der Waals surface area contributed by atoms with Crippen molar-refractivity contribution < 1.29 is 9.53 Å². The number of carbonyl (C=O) groups excluding carboxylic acids is 1. The maximum absolute atomic E-state index is 13.5. The summed E-state index contributed by atoms with van der Waals surface area (Å²) < 4.78 is 5.43. The SMILES string of the molecule is COc1cccc2cc(C3CC(c4cccc(Cl)c4)=NN3C(=O)c3ccccc3)c(Cl)nc12. The van der Waals surface area contributed by atoms with E-state index in [2.05, 4.69) is 4.98 Å². The molecule has 0 fully saturated rings. The maximum atomic E-state index is 13.5. The van der Waals surface area contributed by atoms with Gasteiger partial charge in [-0.3, -0.25) is 4.79 Å². The molecule has 0 spiro atoms. The van der Waals surface area contributed by atoms with Crippen LogP contribution in [-0.2, 0) is 0 Å². The molecule has 2 heterocycles. The molecule has 33 heavy (non-hydrogen) atoms. The van der Waals surface area contributed by atoms with Crippen molar-refractivity contribution in [1.29, 1.82) is 0 Å². The first kappa shape index (κ1) is 21.4. The van der Waals surface area contributed by atoms with Gasteiger partial charge in [-0.25, -0.2) is 9.99 Å². The zero-order valence-electron chi connectivity index (χ0n) is 17.7. The van der Waals surface area contributed by atoms with Gasteiger partial charge in [0, 0.05) is 28.0 Å². The van der Waals surface area contributed by atoms with Gasteiger partial charge in [-0.1, -0.05) is 65.7 Å².